The number of carbonyl (C=O) groups is 3. The molecule has 0 aliphatic carbocycles. The summed E-state index contributed by atoms with van der Waals surface area (Å²) in [4.78, 5) is 36.8. The Kier molecular flexibility index (Phi) is 6.93. The number of aryl methyl sites for hydroxylation is 1. The first kappa shape index (κ1) is 20.0. The van der Waals surface area contributed by atoms with E-state index in [9.17, 15) is 14.4 Å². The van der Waals surface area contributed by atoms with Gasteiger partial charge in [0, 0.05) is 24.8 Å². The number of hydrogen-bond acceptors (Lipinski definition) is 3. The summed E-state index contributed by atoms with van der Waals surface area (Å²) in [6.07, 6.45) is 0.808. The number of primary amides is 1. The van der Waals surface area contributed by atoms with Gasteiger partial charge in [0.1, 0.15) is 0 Å². The molecule has 0 spiro atoms. The fraction of sp³-hybridized carbons (Fsp3) is 0.250. The van der Waals surface area contributed by atoms with Gasteiger partial charge in [-0.1, -0.05) is 37.3 Å². The Morgan fingerprint density at radius 1 is 1.04 bits per heavy atom. The summed E-state index contributed by atoms with van der Waals surface area (Å²) >= 11 is 0. The van der Waals surface area contributed by atoms with E-state index in [1.54, 1.807) is 31.3 Å². The third kappa shape index (κ3) is 5.85. The lowest BCUT2D eigenvalue weighted by Crippen LogP contribution is -2.35. The molecule has 0 bridgehead atoms. The minimum atomic E-state index is -0.606. The van der Waals surface area contributed by atoms with Gasteiger partial charge in [-0.2, -0.15) is 0 Å². The van der Waals surface area contributed by atoms with Crippen LogP contribution < -0.4 is 16.4 Å². The molecule has 4 N–H and O–H groups in total. The summed E-state index contributed by atoms with van der Waals surface area (Å²) in [5, 5.41) is 5.33. The fourth-order valence-corrected chi connectivity index (χ4v) is 2.60. The third-order valence-corrected chi connectivity index (χ3v) is 4.07. The van der Waals surface area contributed by atoms with Crippen molar-refractivity contribution in [2.75, 3.05) is 18.9 Å². The van der Waals surface area contributed by atoms with Crippen LogP contribution in [0.15, 0.2) is 48.5 Å². The van der Waals surface area contributed by atoms with Gasteiger partial charge in [-0.15, -0.1) is 0 Å². The highest BCUT2D eigenvalue weighted by atomic mass is 16.2. The van der Waals surface area contributed by atoms with Gasteiger partial charge in [-0.3, -0.25) is 9.59 Å². The van der Waals surface area contributed by atoms with E-state index < -0.39 is 6.03 Å². The molecule has 0 aliphatic rings. The number of rotatable bonds is 7. The topological polar surface area (TPSA) is 105 Å². The predicted molar refractivity (Wildman–Crippen MR) is 104 cm³/mol. The van der Waals surface area contributed by atoms with Crippen LogP contribution >= 0.6 is 0 Å². The van der Waals surface area contributed by atoms with Gasteiger partial charge in [-0.05, 0) is 35.7 Å². The van der Waals surface area contributed by atoms with Crippen LogP contribution in [0.5, 0.6) is 0 Å². The average Bonchev–Trinajstić information content (AvgIpc) is 2.66. The van der Waals surface area contributed by atoms with E-state index in [0.29, 0.717) is 12.1 Å². The van der Waals surface area contributed by atoms with Crippen molar-refractivity contribution in [2.45, 2.75) is 19.9 Å². The molecule has 0 saturated carbocycles. The van der Waals surface area contributed by atoms with Crippen LogP contribution in [-0.2, 0) is 17.8 Å². The molecule has 2 rings (SSSR count). The highest BCUT2D eigenvalue weighted by Crippen LogP contribution is 2.15. The van der Waals surface area contributed by atoms with E-state index in [0.717, 1.165) is 23.2 Å². The van der Waals surface area contributed by atoms with Crippen LogP contribution in [0.25, 0.3) is 0 Å². The number of nitrogens with two attached hydrogens (primary N) is 1. The third-order valence-electron chi connectivity index (χ3n) is 4.07. The minimum absolute atomic E-state index is 0.0537. The lowest BCUT2D eigenvalue weighted by atomic mass is 10.1. The lowest BCUT2D eigenvalue weighted by Gasteiger charge is -2.18. The predicted octanol–water partition coefficient (Wildman–Crippen LogP) is 2.13. The Morgan fingerprint density at radius 2 is 1.70 bits per heavy atom. The van der Waals surface area contributed by atoms with Crippen molar-refractivity contribution in [3.05, 3.63) is 65.2 Å². The molecule has 0 aromatic heterocycles. The molecule has 4 amide bonds. The van der Waals surface area contributed by atoms with Gasteiger partial charge in [0.25, 0.3) is 5.91 Å². The Labute approximate surface area is 158 Å². The van der Waals surface area contributed by atoms with Crippen molar-refractivity contribution in [1.82, 2.24) is 10.2 Å². The first-order valence-corrected chi connectivity index (χ1v) is 8.66. The number of urea groups is 1. The number of anilines is 1. The second kappa shape index (κ2) is 9.38. The smallest absolute Gasteiger partial charge is 0.312 e. The molecule has 27 heavy (non-hydrogen) atoms. The van der Waals surface area contributed by atoms with Crippen molar-refractivity contribution in [3.63, 3.8) is 0 Å². The van der Waals surface area contributed by atoms with E-state index in [4.69, 9.17) is 5.73 Å². The van der Waals surface area contributed by atoms with Gasteiger partial charge in [0.2, 0.25) is 5.91 Å². The molecular formula is C20H24N4O3. The summed E-state index contributed by atoms with van der Waals surface area (Å²) in [5.41, 5.74) is 8.11. The maximum Gasteiger partial charge on any atom is 0.312 e. The molecule has 0 heterocycles. The Hall–Kier alpha value is -3.35. The number of amides is 4. The maximum absolute atomic E-state index is 12.5. The van der Waals surface area contributed by atoms with Crippen molar-refractivity contribution >= 4 is 23.5 Å². The first-order chi connectivity index (χ1) is 12.9. The van der Waals surface area contributed by atoms with Crippen LogP contribution in [0, 0.1) is 0 Å². The van der Waals surface area contributed by atoms with Gasteiger partial charge < -0.3 is 21.3 Å². The zero-order chi connectivity index (χ0) is 19.8. The molecule has 0 unspecified atom stereocenters. The van der Waals surface area contributed by atoms with Crippen molar-refractivity contribution < 1.29 is 14.4 Å². The Morgan fingerprint density at radius 3 is 2.33 bits per heavy atom. The standard InChI is InChI=1S/C20H24N4O3/c1-3-15-6-4-5-7-17(15)23-18(25)13-24(2)19(26)16-10-8-14(9-11-16)12-22-20(21)27/h4-11H,3,12-13H2,1-2H3,(H,23,25)(H3,21,22,27). The lowest BCUT2D eigenvalue weighted by molar-refractivity contribution is -0.116. The highest BCUT2D eigenvalue weighted by molar-refractivity contribution is 5.99. The quantitative estimate of drug-likeness (QED) is 0.697. The summed E-state index contributed by atoms with van der Waals surface area (Å²) in [5.74, 6) is -0.516. The Bertz CT molecular complexity index is 818. The number of likely N-dealkylation sites (N-methyl/N-ethyl adjacent to an activating group) is 1. The maximum atomic E-state index is 12.5. The van der Waals surface area contributed by atoms with Crippen LogP contribution in [-0.4, -0.2) is 36.3 Å². The summed E-state index contributed by atoms with van der Waals surface area (Å²) in [6, 6.07) is 13.7. The van der Waals surface area contributed by atoms with E-state index in [-0.39, 0.29) is 18.4 Å². The van der Waals surface area contributed by atoms with Gasteiger partial charge in [0.05, 0.1) is 6.54 Å². The summed E-state index contributed by atoms with van der Waals surface area (Å²) < 4.78 is 0. The number of nitrogens with zero attached hydrogens (tertiary/aromatic N) is 1. The minimum Gasteiger partial charge on any atom is -0.352 e. The average molecular weight is 368 g/mol. The van der Waals surface area contributed by atoms with E-state index in [2.05, 4.69) is 10.6 Å². The zero-order valence-corrected chi connectivity index (χ0v) is 15.5. The highest BCUT2D eigenvalue weighted by Gasteiger charge is 2.15. The molecule has 142 valence electrons. The fourth-order valence-electron chi connectivity index (χ4n) is 2.60. The van der Waals surface area contributed by atoms with Crippen LogP contribution in [0.1, 0.15) is 28.4 Å². The van der Waals surface area contributed by atoms with Gasteiger partial charge in [-0.25, -0.2) is 4.79 Å². The Balaban J connectivity index is 1.94. The van der Waals surface area contributed by atoms with E-state index in [1.165, 1.54) is 4.90 Å². The normalized spacial score (nSPS) is 10.1. The molecule has 0 saturated heterocycles. The summed E-state index contributed by atoms with van der Waals surface area (Å²) in [7, 11) is 1.58. The molecule has 0 atom stereocenters. The molecule has 0 aliphatic heterocycles. The van der Waals surface area contributed by atoms with Crippen molar-refractivity contribution in [2.24, 2.45) is 5.73 Å². The molecule has 7 nitrogen and oxygen atoms in total. The second-order valence-corrected chi connectivity index (χ2v) is 6.13. The SMILES string of the molecule is CCc1ccccc1NC(=O)CN(C)C(=O)c1ccc(CNC(N)=O)cc1. The van der Waals surface area contributed by atoms with Crippen LogP contribution in [0.2, 0.25) is 0 Å². The molecule has 7 heteroatoms. The molecule has 2 aromatic carbocycles. The van der Waals surface area contributed by atoms with Crippen molar-refractivity contribution in [3.8, 4) is 0 Å². The number of para-hydroxylation sites is 1. The largest absolute Gasteiger partial charge is 0.352 e. The van der Waals surface area contributed by atoms with Gasteiger partial charge >= 0.3 is 6.03 Å². The van der Waals surface area contributed by atoms with Crippen LogP contribution in [0.3, 0.4) is 0 Å². The zero-order valence-electron chi connectivity index (χ0n) is 15.5. The molecule has 0 fully saturated rings. The number of nitrogens with one attached hydrogen (secondary N) is 2. The first-order valence-electron chi connectivity index (χ1n) is 8.66. The number of hydrogen-bond donors (Lipinski definition) is 3. The van der Waals surface area contributed by atoms with Crippen molar-refractivity contribution in [1.29, 1.82) is 0 Å². The second-order valence-electron chi connectivity index (χ2n) is 6.13. The molecule has 0 radical (unpaired) electrons. The molecular weight excluding hydrogens is 344 g/mol. The van der Waals surface area contributed by atoms with E-state index in [1.807, 2.05) is 31.2 Å². The summed E-state index contributed by atoms with van der Waals surface area (Å²) in [6.45, 7) is 2.25. The monoisotopic (exact) mass is 368 g/mol. The van der Waals surface area contributed by atoms with Crippen LogP contribution in [0.4, 0.5) is 10.5 Å². The van der Waals surface area contributed by atoms with Gasteiger partial charge in [0.15, 0.2) is 0 Å². The number of carbonyl (C=O) groups excluding carboxylic acids is 3. The number of benzene rings is 2. The van der Waals surface area contributed by atoms with E-state index >= 15 is 0 Å². The molecule has 2 aromatic rings.